The number of esters is 2. The van der Waals surface area contributed by atoms with Gasteiger partial charge in [-0.05, 0) is 109 Å². The summed E-state index contributed by atoms with van der Waals surface area (Å²) in [7, 11) is 5.94. The standard InChI is InChI=1S/C62H99NO8/c1-6-8-10-12-14-16-18-20-22-24-26-27-28-29-30-31-32-33-35-37-39-41-43-45-47-49-51-53-60(65)71-58(57-70-62(61(66)67)68-55-54-63(3,4)5)56-69-59(64)52-50-48-46-44-42-40-38-36-34-25-23-21-19-17-15-13-11-9-7-2/h8-11,14-17,20-23,26-27,29-30,32-34,36,40,42,58,62H,6-7,12-13,18-19,24-25,28,31,35,37-39,41,43-57H2,1-5H3/p+1/b10-8-,11-9-,16-14-,17-15-,22-20-,23-21-,27-26-,30-29-,33-32-,36-34-,42-40-. The van der Waals surface area contributed by atoms with E-state index in [4.69, 9.17) is 18.9 Å². The molecule has 2 unspecified atom stereocenters. The van der Waals surface area contributed by atoms with Crippen LogP contribution in [0.5, 0.6) is 0 Å². The van der Waals surface area contributed by atoms with Crippen molar-refractivity contribution in [3.05, 3.63) is 134 Å². The predicted octanol–water partition coefficient (Wildman–Crippen LogP) is 15.9. The molecule has 0 aromatic rings. The van der Waals surface area contributed by atoms with Crippen LogP contribution in [0.4, 0.5) is 0 Å². The Morgan fingerprint density at radius 2 is 0.761 bits per heavy atom. The van der Waals surface area contributed by atoms with Crippen molar-refractivity contribution < 1.29 is 42.9 Å². The van der Waals surface area contributed by atoms with Crippen molar-refractivity contribution in [3.63, 3.8) is 0 Å². The Kier molecular flexibility index (Phi) is 48.4. The van der Waals surface area contributed by atoms with Gasteiger partial charge in [0.15, 0.2) is 6.10 Å². The summed E-state index contributed by atoms with van der Waals surface area (Å²) in [5.74, 6) is -2.08. The molecule has 0 saturated heterocycles. The Balaban J connectivity index is 4.39. The van der Waals surface area contributed by atoms with Gasteiger partial charge >= 0.3 is 17.9 Å². The highest BCUT2D eigenvalue weighted by atomic mass is 16.7. The minimum atomic E-state index is -1.53. The summed E-state index contributed by atoms with van der Waals surface area (Å²) in [6.45, 7) is 4.57. The van der Waals surface area contributed by atoms with Crippen LogP contribution in [0.3, 0.4) is 0 Å². The lowest BCUT2D eigenvalue weighted by Crippen LogP contribution is -2.40. The predicted molar refractivity (Wildman–Crippen MR) is 299 cm³/mol. The average molecular weight is 987 g/mol. The van der Waals surface area contributed by atoms with Crippen LogP contribution in [0, 0.1) is 0 Å². The number of carboxylic acids is 1. The van der Waals surface area contributed by atoms with Gasteiger partial charge in [0.25, 0.3) is 6.29 Å². The third-order valence-electron chi connectivity index (χ3n) is 10.9. The summed E-state index contributed by atoms with van der Waals surface area (Å²) in [6, 6.07) is 0. The molecule has 0 bridgehead atoms. The van der Waals surface area contributed by atoms with E-state index >= 15 is 0 Å². The molecule has 2 atom stereocenters. The molecule has 0 fully saturated rings. The van der Waals surface area contributed by atoms with Gasteiger partial charge in [-0.3, -0.25) is 9.59 Å². The van der Waals surface area contributed by atoms with Crippen molar-refractivity contribution in [2.24, 2.45) is 0 Å². The largest absolute Gasteiger partial charge is 0.477 e. The summed E-state index contributed by atoms with van der Waals surface area (Å²) < 4.78 is 22.8. The second-order valence-corrected chi connectivity index (χ2v) is 18.8. The number of nitrogens with zero attached hydrogens (tertiary/aromatic N) is 1. The van der Waals surface area contributed by atoms with E-state index in [1.54, 1.807) is 0 Å². The third-order valence-corrected chi connectivity index (χ3v) is 10.9. The number of rotatable bonds is 48. The van der Waals surface area contributed by atoms with Crippen LogP contribution in [0.25, 0.3) is 0 Å². The summed E-state index contributed by atoms with van der Waals surface area (Å²) in [5, 5.41) is 9.69. The lowest BCUT2D eigenvalue weighted by molar-refractivity contribution is -0.870. The highest BCUT2D eigenvalue weighted by molar-refractivity contribution is 5.71. The summed E-state index contributed by atoms with van der Waals surface area (Å²) in [6.07, 6.45) is 70.9. The van der Waals surface area contributed by atoms with Gasteiger partial charge < -0.3 is 28.5 Å². The second-order valence-electron chi connectivity index (χ2n) is 18.8. The number of carboxylic acid groups (broad SMARTS) is 1. The number of likely N-dealkylation sites (N-methyl/N-ethyl adjacent to an activating group) is 1. The zero-order valence-corrected chi connectivity index (χ0v) is 45.3. The van der Waals surface area contributed by atoms with Crippen LogP contribution in [-0.4, -0.2) is 87.4 Å². The molecule has 1 N–H and O–H groups in total. The molecule has 9 heteroatoms. The minimum Gasteiger partial charge on any atom is -0.477 e. The molecule has 0 aliphatic rings. The molecule has 0 rings (SSSR count). The number of carbonyl (C=O) groups excluding carboxylic acids is 2. The van der Waals surface area contributed by atoms with Gasteiger partial charge in [-0.2, -0.15) is 0 Å². The maximum atomic E-state index is 12.9. The van der Waals surface area contributed by atoms with Crippen molar-refractivity contribution >= 4 is 17.9 Å². The number of ether oxygens (including phenoxy) is 4. The fourth-order valence-electron chi connectivity index (χ4n) is 6.75. The Labute approximate surface area is 433 Å². The fraction of sp³-hybridized carbons (Fsp3) is 0.597. The van der Waals surface area contributed by atoms with Crippen LogP contribution >= 0.6 is 0 Å². The van der Waals surface area contributed by atoms with Gasteiger partial charge in [0, 0.05) is 12.8 Å². The first kappa shape index (κ1) is 66.4. The van der Waals surface area contributed by atoms with Crippen LogP contribution < -0.4 is 0 Å². The third kappa shape index (κ3) is 53.1. The molecular formula is C62H100NO8+. The van der Waals surface area contributed by atoms with Gasteiger partial charge in [0.2, 0.25) is 0 Å². The minimum absolute atomic E-state index is 0.172. The van der Waals surface area contributed by atoms with Crippen molar-refractivity contribution in [1.82, 2.24) is 0 Å². The number of quaternary nitrogens is 1. The van der Waals surface area contributed by atoms with Crippen molar-refractivity contribution in [3.8, 4) is 0 Å². The van der Waals surface area contributed by atoms with Gasteiger partial charge in [-0.15, -0.1) is 0 Å². The number of carbonyl (C=O) groups is 3. The van der Waals surface area contributed by atoms with Crippen LogP contribution in [0.2, 0.25) is 0 Å². The molecular weight excluding hydrogens is 887 g/mol. The molecule has 0 radical (unpaired) electrons. The highest BCUT2D eigenvalue weighted by Gasteiger charge is 2.25. The summed E-state index contributed by atoms with van der Waals surface area (Å²) in [5.41, 5.74) is 0. The fourth-order valence-corrected chi connectivity index (χ4v) is 6.75. The smallest absolute Gasteiger partial charge is 0.361 e. The molecule has 0 aromatic carbocycles. The van der Waals surface area contributed by atoms with Crippen molar-refractivity contribution in [2.75, 3.05) is 47.5 Å². The van der Waals surface area contributed by atoms with Gasteiger partial charge in [-0.1, -0.05) is 192 Å². The van der Waals surface area contributed by atoms with Crippen molar-refractivity contribution in [1.29, 1.82) is 0 Å². The zero-order valence-electron chi connectivity index (χ0n) is 45.3. The first-order valence-electron chi connectivity index (χ1n) is 27.3. The molecule has 0 saturated carbocycles. The Morgan fingerprint density at radius 1 is 0.423 bits per heavy atom. The summed E-state index contributed by atoms with van der Waals surface area (Å²) in [4.78, 5) is 37.4. The van der Waals surface area contributed by atoms with Gasteiger partial charge in [0.05, 0.1) is 34.4 Å². The molecule has 0 aliphatic heterocycles. The van der Waals surface area contributed by atoms with E-state index in [9.17, 15) is 19.5 Å². The summed E-state index contributed by atoms with van der Waals surface area (Å²) >= 11 is 0. The average Bonchev–Trinajstić information content (AvgIpc) is 3.34. The van der Waals surface area contributed by atoms with E-state index in [0.717, 1.165) is 116 Å². The van der Waals surface area contributed by atoms with E-state index < -0.39 is 24.3 Å². The maximum Gasteiger partial charge on any atom is 0.361 e. The molecule has 0 aliphatic carbocycles. The molecule has 71 heavy (non-hydrogen) atoms. The van der Waals surface area contributed by atoms with E-state index in [-0.39, 0.29) is 38.6 Å². The molecule has 400 valence electrons. The topological polar surface area (TPSA) is 108 Å². The second kappa shape index (κ2) is 51.8. The highest BCUT2D eigenvalue weighted by Crippen LogP contribution is 2.13. The molecule has 0 amide bonds. The van der Waals surface area contributed by atoms with E-state index in [1.807, 2.05) is 21.1 Å². The lowest BCUT2D eigenvalue weighted by Gasteiger charge is -2.25. The van der Waals surface area contributed by atoms with Crippen LogP contribution in [-0.2, 0) is 33.3 Å². The Hall–Kier alpha value is -4.57. The molecule has 0 aromatic heterocycles. The van der Waals surface area contributed by atoms with E-state index in [1.165, 1.54) is 25.7 Å². The first-order valence-corrected chi connectivity index (χ1v) is 27.3. The van der Waals surface area contributed by atoms with Gasteiger partial charge in [-0.25, -0.2) is 4.79 Å². The number of aliphatic carboxylic acids is 1. The number of hydrogen-bond donors (Lipinski definition) is 1. The number of allylic oxidation sites excluding steroid dienone is 22. The molecule has 0 heterocycles. The van der Waals surface area contributed by atoms with E-state index in [0.29, 0.717) is 23.9 Å². The zero-order chi connectivity index (χ0) is 52.0. The van der Waals surface area contributed by atoms with Gasteiger partial charge in [0.1, 0.15) is 13.2 Å². The number of unbranched alkanes of at least 4 members (excludes halogenated alkanes) is 11. The monoisotopic (exact) mass is 987 g/mol. The number of hydrogen-bond acceptors (Lipinski definition) is 7. The first-order chi connectivity index (χ1) is 34.6. The molecule has 9 nitrogen and oxygen atoms in total. The van der Waals surface area contributed by atoms with Crippen molar-refractivity contribution in [2.45, 2.75) is 193 Å². The normalized spacial score (nSPS) is 13.9. The van der Waals surface area contributed by atoms with Crippen LogP contribution in [0.15, 0.2) is 134 Å². The Morgan fingerprint density at radius 3 is 1.14 bits per heavy atom. The van der Waals surface area contributed by atoms with E-state index in [2.05, 4.69) is 148 Å². The lowest BCUT2D eigenvalue weighted by atomic mass is 10.1. The Bertz CT molecular complexity index is 1620. The van der Waals surface area contributed by atoms with Crippen LogP contribution in [0.1, 0.15) is 181 Å². The quantitative estimate of drug-likeness (QED) is 0.0211. The maximum absolute atomic E-state index is 12.9. The SMILES string of the molecule is CC/C=C\C/C=C\C/C=C\C/C=C\C/C=C\C/C=C\CCCCCCCCCCC(=O)OC(COC(=O)CCCCC/C=C\C/C=C\C/C=C\C/C=C\C/C=C\CC)COC(OCC[N+](C)(C)C)C(=O)O. The molecule has 0 spiro atoms.